The van der Waals surface area contributed by atoms with E-state index in [1.807, 2.05) is 13.1 Å². The van der Waals surface area contributed by atoms with Gasteiger partial charge in [-0.1, -0.05) is 0 Å². The molecule has 1 fully saturated rings. The van der Waals surface area contributed by atoms with Crippen molar-refractivity contribution in [3.05, 3.63) is 17.0 Å². The van der Waals surface area contributed by atoms with Crippen LogP contribution in [0.25, 0.3) is 0 Å². The Hall–Kier alpha value is -0.470. The lowest BCUT2D eigenvalue weighted by atomic mass is 10.2. The second kappa shape index (κ2) is 6.81. The summed E-state index contributed by atoms with van der Waals surface area (Å²) in [5.41, 5.74) is 0. The van der Waals surface area contributed by atoms with Gasteiger partial charge >= 0.3 is 0 Å². The minimum Gasteiger partial charge on any atom is -0.377 e. The van der Waals surface area contributed by atoms with Crippen LogP contribution in [-0.2, 0) is 21.2 Å². The fraction of sp³-hybridized carbons (Fsp3) is 0.667. The second-order valence-electron chi connectivity index (χ2n) is 4.56. The predicted molar refractivity (Wildman–Crippen MR) is 76.1 cm³/mol. The van der Waals surface area contributed by atoms with Crippen LogP contribution in [0.3, 0.4) is 0 Å². The Morgan fingerprint density at radius 2 is 2.32 bits per heavy atom. The van der Waals surface area contributed by atoms with Crippen LogP contribution in [0.1, 0.15) is 17.7 Å². The van der Waals surface area contributed by atoms with Gasteiger partial charge in [0, 0.05) is 18.0 Å². The zero-order valence-corrected chi connectivity index (χ0v) is 12.6. The van der Waals surface area contributed by atoms with Gasteiger partial charge in [0.05, 0.1) is 6.10 Å². The van der Waals surface area contributed by atoms with E-state index in [0.29, 0.717) is 10.8 Å². The smallest absolute Gasteiger partial charge is 0.250 e. The largest absolute Gasteiger partial charge is 0.377 e. The van der Waals surface area contributed by atoms with E-state index >= 15 is 0 Å². The summed E-state index contributed by atoms with van der Waals surface area (Å²) in [6.45, 7) is 1.95. The molecule has 7 heteroatoms. The quantitative estimate of drug-likeness (QED) is 0.787. The molecule has 1 aromatic heterocycles. The van der Waals surface area contributed by atoms with Gasteiger partial charge in [-0.3, -0.25) is 0 Å². The van der Waals surface area contributed by atoms with Crippen LogP contribution in [0.2, 0.25) is 0 Å². The van der Waals surface area contributed by atoms with Gasteiger partial charge in [-0.15, -0.1) is 11.3 Å². The van der Waals surface area contributed by atoms with E-state index in [-0.39, 0.29) is 6.10 Å². The highest BCUT2D eigenvalue weighted by Gasteiger charge is 2.21. The molecule has 1 saturated heterocycles. The minimum absolute atomic E-state index is 0.0264. The SMILES string of the molecule is CNCCc1ccc(S(=O)(=O)NCC2CCCO2)s1. The van der Waals surface area contributed by atoms with Gasteiger partial charge in [-0.2, -0.15) is 0 Å². The van der Waals surface area contributed by atoms with E-state index in [1.165, 1.54) is 11.3 Å². The predicted octanol–water partition coefficient (Wildman–Crippen LogP) is 0.967. The summed E-state index contributed by atoms with van der Waals surface area (Å²) < 4.78 is 32.6. The van der Waals surface area contributed by atoms with Gasteiger partial charge in [-0.05, 0) is 45.0 Å². The average Bonchev–Trinajstić information content (AvgIpc) is 3.05. The third-order valence-corrected chi connectivity index (χ3v) is 6.11. The van der Waals surface area contributed by atoms with Crippen molar-refractivity contribution in [2.45, 2.75) is 29.6 Å². The van der Waals surface area contributed by atoms with Crippen molar-refractivity contribution in [3.8, 4) is 0 Å². The number of likely N-dealkylation sites (N-methyl/N-ethyl adjacent to an activating group) is 1. The van der Waals surface area contributed by atoms with Crippen LogP contribution < -0.4 is 10.0 Å². The number of ether oxygens (including phenoxy) is 1. The van der Waals surface area contributed by atoms with Crippen molar-refractivity contribution in [1.29, 1.82) is 0 Å². The lowest BCUT2D eigenvalue weighted by Gasteiger charge is -2.10. The van der Waals surface area contributed by atoms with Crippen molar-refractivity contribution < 1.29 is 13.2 Å². The fourth-order valence-corrected chi connectivity index (χ4v) is 4.43. The lowest BCUT2D eigenvalue weighted by molar-refractivity contribution is 0.114. The molecule has 0 amide bonds. The number of hydrogen-bond acceptors (Lipinski definition) is 5. The molecule has 1 aromatic rings. The van der Waals surface area contributed by atoms with Crippen molar-refractivity contribution in [2.75, 3.05) is 26.7 Å². The molecule has 0 aromatic carbocycles. The standard InChI is InChI=1S/C12H20N2O3S2/c1-13-7-6-11-4-5-12(18-11)19(15,16)14-9-10-3-2-8-17-10/h4-5,10,13-14H,2-3,6-9H2,1H3. The molecule has 1 unspecified atom stereocenters. The highest BCUT2D eigenvalue weighted by atomic mass is 32.2. The van der Waals surface area contributed by atoms with Crippen LogP contribution in [0.5, 0.6) is 0 Å². The number of hydrogen-bond donors (Lipinski definition) is 2. The molecule has 19 heavy (non-hydrogen) atoms. The van der Waals surface area contributed by atoms with Crippen LogP contribution in [0.4, 0.5) is 0 Å². The van der Waals surface area contributed by atoms with Gasteiger partial charge in [0.2, 0.25) is 10.0 Å². The molecule has 2 rings (SSSR count). The first-order valence-electron chi connectivity index (χ1n) is 6.46. The van der Waals surface area contributed by atoms with E-state index in [4.69, 9.17) is 4.74 Å². The van der Waals surface area contributed by atoms with Gasteiger partial charge in [0.15, 0.2) is 0 Å². The number of nitrogens with one attached hydrogen (secondary N) is 2. The summed E-state index contributed by atoms with van der Waals surface area (Å²) in [7, 11) is -1.50. The Bertz CT molecular complexity index is 493. The molecule has 1 aliphatic rings. The van der Waals surface area contributed by atoms with Crippen LogP contribution in [0.15, 0.2) is 16.3 Å². The molecule has 0 bridgehead atoms. The summed E-state index contributed by atoms with van der Waals surface area (Å²) in [5.74, 6) is 0. The molecular formula is C12H20N2O3S2. The zero-order chi connectivity index (χ0) is 13.7. The normalized spacial score (nSPS) is 19.9. The van der Waals surface area contributed by atoms with E-state index in [9.17, 15) is 8.42 Å². The Morgan fingerprint density at radius 3 is 3.00 bits per heavy atom. The lowest BCUT2D eigenvalue weighted by Crippen LogP contribution is -2.31. The molecule has 1 aliphatic heterocycles. The molecule has 5 nitrogen and oxygen atoms in total. The summed E-state index contributed by atoms with van der Waals surface area (Å²) in [5, 5.41) is 3.05. The third kappa shape index (κ3) is 4.25. The van der Waals surface area contributed by atoms with Gasteiger partial charge in [0.25, 0.3) is 0 Å². The van der Waals surface area contributed by atoms with Crippen LogP contribution in [-0.4, -0.2) is 41.3 Å². The molecular weight excluding hydrogens is 284 g/mol. The molecule has 2 heterocycles. The summed E-state index contributed by atoms with van der Waals surface area (Å²) in [4.78, 5) is 1.08. The zero-order valence-electron chi connectivity index (χ0n) is 11.0. The maximum Gasteiger partial charge on any atom is 0.250 e. The minimum atomic E-state index is -3.38. The summed E-state index contributed by atoms with van der Waals surface area (Å²) in [6, 6.07) is 3.55. The first-order chi connectivity index (χ1) is 9.12. The molecule has 0 spiro atoms. The monoisotopic (exact) mass is 304 g/mol. The van der Waals surface area contributed by atoms with Crippen molar-refractivity contribution in [3.63, 3.8) is 0 Å². The highest BCUT2D eigenvalue weighted by molar-refractivity contribution is 7.91. The number of sulfonamides is 1. The summed E-state index contributed by atoms with van der Waals surface area (Å²) in [6.07, 6.45) is 2.82. The van der Waals surface area contributed by atoms with Gasteiger partial charge in [-0.25, -0.2) is 13.1 Å². The molecule has 0 radical (unpaired) electrons. The molecule has 108 valence electrons. The highest BCUT2D eigenvalue weighted by Crippen LogP contribution is 2.22. The van der Waals surface area contributed by atoms with Gasteiger partial charge in [0.1, 0.15) is 4.21 Å². The first kappa shape index (κ1) is 14.9. The van der Waals surface area contributed by atoms with E-state index in [2.05, 4.69) is 10.0 Å². The Morgan fingerprint density at radius 1 is 1.47 bits per heavy atom. The molecule has 0 aliphatic carbocycles. The number of rotatable bonds is 7. The third-order valence-electron chi connectivity index (χ3n) is 3.05. The van der Waals surface area contributed by atoms with Crippen molar-refractivity contribution >= 4 is 21.4 Å². The maximum absolute atomic E-state index is 12.1. The average molecular weight is 304 g/mol. The molecule has 0 saturated carbocycles. The van der Waals surface area contributed by atoms with Crippen molar-refractivity contribution in [1.82, 2.24) is 10.0 Å². The molecule has 2 N–H and O–H groups in total. The first-order valence-corrected chi connectivity index (χ1v) is 8.76. The Kier molecular flexibility index (Phi) is 5.35. The van der Waals surface area contributed by atoms with Crippen LogP contribution >= 0.6 is 11.3 Å². The maximum atomic E-state index is 12.1. The van der Waals surface area contributed by atoms with Crippen molar-refractivity contribution in [2.24, 2.45) is 0 Å². The second-order valence-corrected chi connectivity index (χ2v) is 7.72. The fourth-order valence-electron chi connectivity index (χ4n) is 1.96. The van der Waals surface area contributed by atoms with Crippen LogP contribution in [0, 0.1) is 0 Å². The van der Waals surface area contributed by atoms with E-state index < -0.39 is 10.0 Å². The van der Waals surface area contributed by atoms with E-state index in [0.717, 1.165) is 37.3 Å². The Labute approximate surface area is 118 Å². The van der Waals surface area contributed by atoms with Gasteiger partial charge < -0.3 is 10.1 Å². The number of thiophene rings is 1. The van der Waals surface area contributed by atoms with E-state index in [1.54, 1.807) is 6.07 Å². The topological polar surface area (TPSA) is 67.4 Å². The Balaban J connectivity index is 1.92. The molecule has 1 atom stereocenters. The summed E-state index contributed by atoms with van der Waals surface area (Å²) >= 11 is 1.33.